The first-order valence-corrected chi connectivity index (χ1v) is 9.35. The molecule has 1 aliphatic heterocycles. The molecule has 2 heterocycles. The van der Waals surface area contributed by atoms with Crippen LogP contribution in [0.5, 0.6) is 5.75 Å². The van der Waals surface area contributed by atoms with E-state index in [1.165, 1.54) is 6.07 Å². The smallest absolute Gasteiger partial charge is 0.374 e. The highest BCUT2D eigenvalue weighted by Crippen LogP contribution is 2.26. The molecule has 2 atom stereocenters. The quantitative estimate of drug-likeness (QED) is 0.633. The third kappa shape index (κ3) is 5.10. The van der Waals surface area contributed by atoms with E-state index >= 15 is 0 Å². The molecule has 2 aromatic rings. The van der Waals surface area contributed by atoms with Crippen LogP contribution in [-0.2, 0) is 17.8 Å². The minimum Gasteiger partial charge on any atom is -0.496 e. The fraction of sp³-hybridized carbons (Fsp3) is 0.450. The Labute approximate surface area is 163 Å². The summed E-state index contributed by atoms with van der Waals surface area (Å²) in [6, 6.07) is 9.06. The Bertz CT molecular complexity index is 820. The van der Waals surface area contributed by atoms with Gasteiger partial charge in [-0.1, -0.05) is 23.4 Å². The Morgan fingerprint density at radius 2 is 2.18 bits per heavy atom. The molecule has 3 N–H and O–H groups in total. The highest BCUT2D eigenvalue weighted by atomic mass is 16.5. The van der Waals surface area contributed by atoms with Crippen molar-refractivity contribution in [1.29, 1.82) is 0 Å². The molecule has 3 rings (SSSR count). The summed E-state index contributed by atoms with van der Waals surface area (Å²) < 4.78 is 10.1. The molecule has 1 aromatic heterocycles. The minimum absolute atomic E-state index is 0.00539. The molecule has 1 fully saturated rings. The predicted octanol–water partition coefficient (Wildman–Crippen LogP) is 1.86. The van der Waals surface area contributed by atoms with E-state index in [2.05, 4.69) is 15.8 Å². The number of methoxy groups -OCH3 is 1. The van der Waals surface area contributed by atoms with E-state index in [9.17, 15) is 9.59 Å². The molecule has 1 saturated heterocycles. The number of para-hydroxylation sites is 1. The monoisotopic (exact) mass is 387 g/mol. The fourth-order valence-electron chi connectivity index (χ4n) is 3.62. The van der Waals surface area contributed by atoms with Gasteiger partial charge >= 0.3 is 5.97 Å². The van der Waals surface area contributed by atoms with Gasteiger partial charge in [-0.05, 0) is 43.8 Å². The van der Waals surface area contributed by atoms with Crippen LogP contribution in [0, 0.1) is 11.8 Å². The molecule has 0 bridgehead atoms. The molecule has 0 saturated carbocycles. The number of hydrogen-bond donors (Lipinski definition) is 3. The zero-order valence-electron chi connectivity index (χ0n) is 15.8. The number of nitrogens with zero attached hydrogens (tertiary/aromatic N) is 1. The second-order valence-electron chi connectivity index (χ2n) is 7.00. The first-order valence-electron chi connectivity index (χ1n) is 9.35. The molecule has 1 aliphatic rings. The number of rotatable bonds is 8. The summed E-state index contributed by atoms with van der Waals surface area (Å²) in [5.74, 6) is -0.156. The zero-order chi connectivity index (χ0) is 19.9. The van der Waals surface area contributed by atoms with Gasteiger partial charge in [0.2, 0.25) is 11.7 Å². The molecular weight excluding hydrogens is 362 g/mol. The first-order chi connectivity index (χ1) is 13.6. The molecule has 2 unspecified atom stereocenters. The van der Waals surface area contributed by atoms with Crippen molar-refractivity contribution in [3.8, 4) is 5.75 Å². The van der Waals surface area contributed by atoms with E-state index < -0.39 is 5.97 Å². The Morgan fingerprint density at radius 1 is 1.36 bits per heavy atom. The van der Waals surface area contributed by atoms with E-state index in [0.717, 1.165) is 30.8 Å². The summed E-state index contributed by atoms with van der Waals surface area (Å²) in [5.41, 5.74) is 1.54. The lowest BCUT2D eigenvalue weighted by molar-refractivity contribution is -0.122. The van der Waals surface area contributed by atoms with Crippen LogP contribution in [0.2, 0.25) is 0 Å². The summed E-state index contributed by atoms with van der Waals surface area (Å²) in [7, 11) is 1.61. The Kier molecular flexibility index (Phi) is 6.65. The molecular formula is C20H25N3O5. The molecule has 28 heavy (non-hydrogen) atoms. The van der Waals surface area contributed by atoms with Crippen molar-refractivity contribution in [3.05, 3.63) is 47.3 Å². The van der Waals surface area contributed by atoms with Gasteiger partial charge in [0.15, 0.2) is 0 Å². The van der Waals surface area contributed by atoms with Gasteiger partial charge in [-0.3, -0.25) is 4.79 Å². The number of carbonyl (C=O) groups is 2. The number of carboxylic acids is 1. The van der Waals surface area contributed by atoms with Gasteiger partial charge in [0, 0.05) is 24.6 Å². The summed E-state index contributed by atoms with van der Waals surface area (Å²) in [6.07, 6.45) is 1.88. The van der Waals surface area contributed by atoms with Gasteiger partial charge in [0.1, 0.15) is 5.75 Å². The molecule has 8 nitrogen and oxygen atoms in total. The third-order valence-electron chi connectivity index (χ3n) is 5.12. The number of nitrogens with one attached hydrogen (secondary N) is 2. The van der Waals surface area contributed by atoms with Gasteiger partial charge in [0.25, 0.3) is 0 Å². The SMILES string of the molecule is COc1ccccc1CNC(=O)CC1CCNCC1Cc1cc(C(=O)O)on1. The number of ether oxygens (including phenoxy) is 1. The zero-order valence-corrected chi connectivity index (χ0v) is 15.8. The molecule has 8 heteroatoms. The van der Waals surface area contributed by atoms with Crippen molar-refractivity contribution in [3.63, 3.8) is 0 Å². The molecule has 0 spiro atoms. The summed E-state index contributed by atoms with van der Waals surface area (Å²) >= 11 is 0. The second-order valence-corrected chi connectivity index (χ2v) is 7.00. The van der Waals surface area contributed by atoms with Crippen molar-refractivity contribution in [2.45, 2.75) is 25.8 Å². The highest BCUT2D eigenvalue weighted by Gasteiger charge is 2.28. The number of aromatic carboxylic acids is 1. The molecule has 1 aromatic carbocycles. The lowest BCUT2D eigenvalue weighted by Gasteiger charge is -2.31. The Balaban J connectivity index is 1.56. The third-order valence-corrected chi connectivity index (χ3v) is 5.12. The fourth-order valence-corrected chi connectivity index (χ4v) is 3.62. The van der Waals surface area contributed by atoms with Crippen molar-refractivity contribution >= 4 is 11.9 Å². The average Bonchev–Trinajstić information content (AvgIpc) is 3.17. The van der Waals surface area contributed by atoms with Crippen LogP contribution >= 0.6 is 0 Å². The summed E-state index contributed by atoms with van der Waals surface area (Å²) in [5, 5.41) is 19.1. The minimum atomic E-state index is -1.13. The lowest BCUT2D eigenvalue weighted by atomic mass is 9.81. The number of hydrogen-bond acceptors (Lipinski definition) is 6. The summed E-state index contributed by atoms with van der Waals surface area (Å²) in [6.45, 7) is 2.05. The van der Waals surface area contributed by atoms with Gasteiger partial charge in [-0.25, -0.2) is 4.79 Å². The molecule has 0 radical (unpaired) electrons. The molecule has 0 aliphatic carbocycles. The van der Waals surface area contributed by atoms with Gasteiger partial charge in [-0.2, -0.15) is 0 Å². The van der Waals surface area contributed by atoms with Crippen molar-refractivity contribution in [2.24, 2.45) is 11.8 Å². The number of carbonyl (C=O) groups excluding carboxylic acids is 1. The number of aromatic nitrogens is 1. The highest BCUT2D eigenvalue weighted by molar-refractivity contribution is 5.84. The van der Waals surface area contributed by atoms with Gasteiger partial charge in [-0.15, -0.1) is 0 Å². The van der Waals surface area contributed by atoms with E-state index in [-0.39, 0.29) is 23.5 Å². The largest absolute Gasteiger partial charge is 0.496 e. The van der Waals surface area contributed by atoms with Crippen LogP contribution in [0.25, 0.3) is 0 Å². The van der Waals surface area contributed by atoms with Gasteiger partial charge < -0.3 is 25.0 Å². The normalized spacial score (nSPS) is 19.2. The summed E-state index contributed by atoms with van der Waals surface area (Å²) in [4.78, 5) is 23.4. The van der Waals surface area contributed by atoms with Crippen LogP contribution in [-0.4, -0.2) is 42.3 Å². The maximum atomic E-state index is 12.5. The molecule has 150 valence electrons. The standard InChI is InChI=1S/C20H25N3O5/c1-27-17-5-3-2-4-14(17)12-22-19(24)9-13-6-7-21-11-15(13)8-16-10-18(20(25)26)28-23-16/h2-5,10,13,15,21H,6-9,11-12H2,1H3,(H,22,24)(H,25,26). The van der Waals surface area contributed by atoms with Crippen LogP contribution < -0.4 is 15.4 Å². The van der Waals surface area contributed by atoms with E-state index in [1.807, 2.05) is 24.3 Å². The predicted molar refractivity (Wildman–Crippen MR) is 101 cm³/mol. The van der Waals surface area contributed by atoms with E-state index in [0.29, 0.717) is 25.1 Å². The number of amides is 1. The maximum absolute atomic E-state index is 12.5. The second kappa shape index (κ2) is 9.36. The Morgan fingerprint density at radius 3 is 2.93 bits per heavy atom. The number of benzene rings is 1. The molecule has 1 amide bonds. The first kappa shape index (κ1) is 19.9. The Hall–Kier alpha value is -2.87. The number of piperidine rings is 1. The van der Waals surface area contributed by atoms with Crippen molar-refractivity contribution in [2.75, 3.05) is 20.2 Å². The van der Waals surface area contributed by atoms with Crippen LogP contribution in [0.3, 0.4) is 0 Å². The topological polar surface area (TPSA) is 114 Å². The lowest BCUT2D eigenvalue weighted by Crippen LogP contribution is -2.40. The average molecular weight is 387 g/mol. The number of carboxylic acid groups (broad SMARTS) is 1. The van der Waals surface area contributed by atoms with E-state index in [4.69, 9.17) is 14.4 Å². The van der Waals surface area contributed by atoms with E-state index in [1.54, 1.807) is 7.11 Å². The maximum Gasteiger partial charge on any atom is 0.374 e. The van der Waals surface area contributed by atoms with Crippen LogP contribution in [0.15, 0.2) is 34.9 Å². The van der Waals surface area contributed by atoms with Gasteiger partial charge in [0.05, 0.1) is 12.8 Å². The van der Waals surface area contributed by atoms with Crippen molar-refractivity contribution in [1.82, 2.24) is 15.8 Å². The van der Waals surface area contributed by atoms with Crippen LogP contribution in [0.1, 0.15) is 34.7 Å². The van der Waals surface area contributed by atoms with Crippen LogP contribution in [0.4, 0.5) is 0 Å². The van der Waals surface area contributed by atoms with Crippen molar-refractivity contribution < 1.29 is 24.0 Å².